The van der Waals surface area contributed by atoms with Crippen molar-refractivity contribution in [2.45, 2.75) is 26.8 Å². The Balaban J connectivity index is 2.28. The summed E-state index contributed by atoms with van der Waals surface area (Å²) in [6.07, 6.45) is 2.90. The Kier molecular flexibility index (Phi) is 4.85. The van der Waals surface area contributed by atoms with Gasteiger partial charge in [-0.3, -0.25) is 9.78 Å². The third-order valence-electron chi connectivity index (χ3n) is 3.56. The third kappa shape index (κ3) is 3.87. The molecule has 2 rings (SSSR count). The Bertz CT molecular complexity index is 666. The van der Waals surface area contributed by atoms with Gasteiger partial charge >= 0.3 is 0 Å². The maximum absolute atomic E-state index is 13.3. The quantitative estimate of drug-likeness (QED) is 0.933. The van der Waals surface area contributed by atoms with E-state index in [0.29, 0.717) is 22.6 Å². The van der Waals surface area contributed by atoms with Crippen molar-refractivity contribution in [2.24, 2.45) is 5.92 Å². The molecule has 1 atom stereocenters. The molecule has 1 aromatic heterocycles. The highest BCUT2D eigenvalue weighted by Gasteiger charge is 2.14. The summed E-state index contributed by atoms with van der Waals surface area (Å²) in [6.45, 7) is 5.94. The number of pyridine rings is 1. The van der Waals surface area contributed by atoms with Gasteiger partial charge in [-0.15, -0.1) is 0 Å². The zero-order valence-electron chi connectivity index (χ0n) is 12.7. The highest BCUT2D eigenvalue weighted by molar-refractivity contribution is 5.95. The van der Waals surface area contributed by atoms with Crippen LogP contribution in [0.4, 0.5) is 8.78 Å². The number of hydrogen-bond acceptors (Lipinski definition) is 2. The maximum atomic E-state index is 13.3. The van der Waals surface area contributed by atoms with Gasteiger partial charge in [-0.05, 0) is 36.6 Å². The standard InChI is InChI=1S/C17H18F2N2O/c1-10(2)11(3)21-17(22)14-4-13(8-20-9-14)12-5-15(18)7-16(19)6-12/h4-11H,1-3H3,(H,21,22). The number of carbonyl (C=O) groups is 1. The highest BCUT2D eigenvalue weighted by Crippen LogP contribution is 2.22. The lowest BCUT2D eigenvalue weighted by molar-refractivity contribution is 0.0930. The van der Waals surface area contributed by atoms with Crippen LogP contribution in [0.25, 0.3) is 11.1 Å². The van der Waals surface area contributed by atoms with Crippen LogP contribution in [0.3, 0.4) is 0 Å². The minimum atomic E-state index is -0.668. The summed E-state index contributed by atoms with van der Waals surface area (Å²) in [5.41, 5.74) is 1.19. The smallest absolute Gasteiger partial charge is 0.253 e. The van der Waals surface area contributed by atoms with Crippen LogP contribution in [-0.2, 0) is 0 Å². The predicted molar refractivity (Wildman–Crippen MR) is 81.4 cm³/mol. The number of aromatic nitrogens is 1. The molecule has 22 heavy (non-hydrogen) atoms. The summed E-state index contributed by atoms with van der Waals surface area (Å²) < 4.78 is 26.6. The first-order valence-corrected chi connectivity index (χ1v) is 7.09. The molecule has 0 spiro atoms. The van der Waals surface area contributed by atoms with Gasteiger partial charge in [0, 0.05) is 30.1 Å². The van der Waals surface area contributed by atoms with Gasteiger partial charge in [-0.2, -0.15) is 0 Å². The van der Waals surface area contributed by atoms with Crippen molar-refractivity contribution < 1.29 is 13.6 Å². The SMILES string of the molecule is CC(C)C(C)NC(=O)c1cncc(-c2cc(F)cc(F)c2)c1. The second kappa shape index (κ2) is 6.64. The molecule has 2 aromatic rings. The number of benzene rings is 1. The monoisotopic (exact) mass is 304 g/mol. The van der Waals surface area contributed by atoms with E-state index in [4.69, 9.17) is 0 Å². The fourth-order valence-corrected chi connectivity index (χ4v) is 1.90. The van der Waals surface area contributed by atoms with E-state index in [0.717, 1.165) is 6.07 Å². The number of nitrogens with zero attached hydrogens (tertiary/aromatic N) is 1. The van der Waals surface area contributed by atoms with E-state index >= 15 is 0 Å². The molecule has 1 N–H and O–H groups in total. The van der Waals surface area contributed by atoms with E-state index in [1.165, 1.54) is 24.5 Å². The number of carbonyl (C=O) groups excluding carboxylic acids is 1. The fourth-order valence-electron chi connectivity index (χ4n) is 1.90. The Morgan fingerprint density at radius 3 is 2.23 bits per heavy atom. The lowest BCUT2D eigenvalue weighted by Crippen LogP contribution is -2.36. The summed E-state index contributed by atoms with van der Waals surface area (Å²) in [7, 11) is 0. The van der Waals surface area contributed by atoms with E-state index < -0.39 is 11.6 Å². The van der Waals surface area contributed by atoms with Gasteiger partial charge in [0.05, 0.1) is 5.56 Å². The molecule has 0 fully saturated rings. The van der Waals surface area contributed by atoms with Crippen molar-refractivity contribution >= 4 is 5.91 Å². The van der Waals surface area contributed by atoms with Crippen molar-refractivity contribution in [3.05, 3.63) is 53.9 Å². The van der Waals surface area contributed by atoms with Gasteiger partial charge in [0.15, 0.2) is 0 Å². The third-order valence-corrected chi connectivity index (χ3v) is 3.56. The molecule has 3 nitrogen and oxygen atoms in total. The van der Waals surface area contributed by atoms with Gasteiger partial charge in [0.25, 0.3) is 5.91 Å². The van der Waals surface area contributed by atoms with Gasteiger partial charge in [0.2, 0.25) is 0 Å². The summed E-state index contributed by atoms with van der Waals surface area (Å²) in [5.74, 6) is -1.29. The highest BCUT2D eigenvalue weighted by atomic mass is 19.1. The van der Waals surface area contributed by atoms with Crippen LogP contribution < -0.4 is 5.32 Å². The van der Waals surface area contributed by atoms with Crippen LogP contribution in [0.1, 0.15) is 31.1 Å². The molecule has 0 saturated heterocycles. The number of amides is 1. The van der Waals surface area contributed by atoms with E-state index in [2.05, 4.69) is 10.3 Å². The average molecular weight is 304 g/mol. The summed E-state index contributed by atoms with van der Waals surface area (Å²) >= 11 is 0. The van der Waals surface area contributed by atoms with Crippen LogP contribution in [0.5, 0.6) is 0 Å². The molecular formula is C17H18F2N2O. The van der Waals surface area contributed by atoms with Crippen LogP contribution in [0, 0.1) is 17.6 Å². The van der Waals surface area contributed by atoms with E-state index in [-0.39, 0.29) is 11.9 Å². The zero-order chi connectivity index (χ0) is 16.3. The number of nitrogens with one attached hydrogen (secondary N) is 1. The molecule has 116 valence electrons. The molecule has 0 saturated carbocycles. The van der Waals surface area contributed by atoms with Crippen molar-refractivity contribution in [3.8, 4) is 11.1 Å². The first kappa shape index (κ1) is 16.1. The molecule has 0 radical (unpaired) electrons. The normalized spacial score (nSPS) is 12.3. The first-order valence-electron chi connectivity index (χ1n) is 7.09. The van der Waals surface area contributed by atoms with Crippen molar-refractivity contribution in [3.63, 3.8) is 0 Å². The molecular weight excluding hydrogens is 286 g/mol. The molecule has 1 amide bonds. The molecule has 0 aliphatic carbocycles. The Hall–Kier alpha value is -2.30. The molecule has 5 heteroatoms. The summed E-state index contributed by atoms with van der Waals surface area (Å²) in [4.78, 5) is 16.2. The number of rotatable bonds is 4. The van der Waals surface area contributed by atoms with Crippen LogP contribution in [0.15, 0.2) is 36.7 Å². The first-order chi connectivity index (χ1) is 10.4. The van der Waals surface area contributed by atoms with Crippen molar-refractivity contribution in [1.82, 2.24) is 10.3 Å². The van der Waals surface area contributed by atoms with Gasteiger partial charge in [-0.25, -0.2) is 8.78 Å². The van der Waals surface area contributed by atoms with Crippen LogP contribution in [-0.4, -0.2) is 16.9 Å². The molecule has 0 bridgehead atoms. The van der Waals surface area contributed by atoms with Gasteiger partial charge in [0.1, 0.15) is 11.6 Å². The Labute approximate surface area is 128 Å². The molecule has 1 heterocycles. The number of hydrogen-bond donors (Lipinski definition) is 1. The summed E-state index contributed by atoms with van der Waals surface area (Å²) in [6, 6.07) is 4.81. The van der Waals surface area contributed by atoms with E-state index in [1.54, 1.807) is 6.07 Å². The maximum Gasteiger partial charge on any atom is 0.253 e. The van der Waals surface area contributed by atoms with Gasteiger partial charge < -0.3 is 5.32 Å². The molecule has 1 aromatic carbocycles. The average Bonchev–Trinajstić information content (AvgIpc) is 2.46. The largest absolute Gasteiger partial charge is 0.349 e. The van der Waals surface area contributed by atoms with Crippen molar-refractivity contribution in [1.29, 1.82) is 0 Å². The lowest BCUT2D eigenvalue weighted by atomic mass is 10.0. The molecule has 0 aliphatic rings. The van der Waals surface area contributed by atoms with E-state index in [9.17, 15) is 13.6 Å². The molecule has 1 unspecified atom stereocenters. The zero-order valence-corrected chi connectivity index (χ0v) is 12.7. The van der Waals surface area contributed by atoms with Crippen LogP contribution >= 0.6 is 0 Å². The minimum Gasteiger partial charge on any atom is -0.349 e. The Morgan fingerprint density at radius 1 is 1.00 bits per heavy atom. The predicted octanol–water partition coefficient (Wildman–Crippen LogP) is 3.80. The second-order valence-electron chi connectivity index (χ2n) is 5.63. The van der Waals surface area contributed by atoms with Crippen molar-refractivity contribution in [2.75, 3.05) is 0 Å². The fraction of sp³-hybridized carbons (Fsp3) is 0.294. The minimum absolute atomic E-state index is 0.0165. The Morgan fingerprint density at radius 2 is 1.64 bits per heavy atom. The van der Waals surface area contributed by atoms with Gasteiger partial charge in [-0.1, -0.05) is 13.8 Å². The second-order valence-corrected chi connectivity index (χ2v) is 5.63. The topological polar surface area (TPSA) is 42.0 Å². The van der Waals surface area contributed by atoms with Crippen LogP contribution in [0.2, 0.25) is 0 Å². The summed E-state index contributed by atoms with van der Waals surface area (Å²) in [5, 5.41) is 2.87. The number of halogens is 2. The van der Waals surface area contributed by atoms with E-state index in [1.807, 2.05) is 20.8 Å². The molecule has 0 aliphatic heterocycles. The lowest BCUT2D eigenvalue weighted by Gasteiger charge is -2.17.